The Hall–Kier alpha value is -4.62. The van der Waals surface area contributed by atoms with Gasteiger partial charge in [0, 0.05) is 27.9 Å². The summed E-state index contributed by atoms with van der Waals surface area (Å²) in [5, 5.41) is 0. The van der Waals surface area contributed by atoms with E-state index in [0.29, 0.717) is 0 Å². The molecule has 8 rings (SSSR count). The summed E-state index contributed by atoms with van der Waals surface area (Å²) < 4.78 is 0. The highest BCUT2D eigenvalue weighted by atomic mass is 15.1. The largest absolute Gasteiger partial charge is 0.310 e. The normalized spacial score (nSPS) is 16.6. The van der Waals surface area contributed by atoms with E-state index in [0.717, 1.165) is 24.2 Å². The molecule has 5 aromatic carbocycles. The van der Waals surface area contributed by atoms with E-state index in [9.17, 15) is 0 Å². The van der Waals surface area contributed by atoms with Gasteiger partial charge in [-0.15, -0.1) is 0 Å². The number of benzene rings is 5. The molecule has 0 bridgehead atoms. The Morgan fingerprint density at radius 3 is 1.79 bits per heavy atom. The second-order valence-electron chi connectivity index (χ2n) is 13.3. The van der Waals surface area contributed by atoms with E-state index < -0.39 is 0 Å². The zero-order valence-corrected chi connectivity index (χ0v) is 25.5. The molecule has 0 unspecified atom stereocenters. The lowest BCUT2D eigenvalue weighted by Gasteiger charge is -2.28. The number of nitrogens with zero attached hydrogens (tertiary/aromatic N) is 1. The Morgan fingerprint density at radius 1 is 0.488 bits per heavy atom. The summed E-state index contributed by atoms with van der Waals surface area (Å²) in [6.07, 6.45) is 9.31. The van der Waals surface area contributed by atoms with Crippen LogP contribution in [-0.4, -0.2) is 0 Å². The molecule has 1 nitrogen and oxygen atoms in total. The number of para-hydroxylation sites is 2. The van der Waals surface area contributed by atoms with Crippen LogP contribution < -0.4 is 4.90 Å². The molecule has 210 valence electrons. The van der Waals surface area contributed by atoms with Crippen LogP contribution in [0.2, 0.25) is 0 Å². The molecule has 0 heterocycles. The molecular formula is C42H37N. The molecule has 43 heavy (non-hydrogen) atoms. The molecule has 0 fully saturated rings. The molecule has 0 aliphatic heterocycles. The average Bonchev–Trinajstić information content (AvgIpc) is 3.41. The topological polar surface area (TPSA) is 3.24 Å². The smallest absolute Gasteiger partial charge is 0.0465 e. The van der Waals surface area contributed by atoms with Gasteiger partial charge in [-0.25, -0.2) is 0 Å². The zero-order chi connectivity index (χ0) is 29.3. The van der Waals surface area contributed by atoms with Crippen molar-refractivity contribution in [3.8, 4) is 22.3 Å². The maximum Gasteiger partial charge on any atom is 0.0465 e. The lowest BCUT2D eigenvalue weighted by Crippen LogP contribution is -2.17. The minimum atomic E-state index is -0.124. The summed E-state index contributed by atoms with van der Waals surface area (Å²) in [5.41, 5.74) is 17.4. The Kier molecular flexibility index (Phi) is 5.72. The second-order valence-corrected chi connectivity index (χ2v) is 13.3. The summed E-state index contributed by atoms with van der Waals surface area (Å²) >= 11 is 0. The van der Waals surface area contributed by atoms with E-state index in [2.05, 4.69) is 160 Å². The molecule has 1 heteroatoms. The van der Waals surface area contributed by atoms with E-state index in [1.807, 2.05) is 0 Å². The summed E-state index contributed by atoms with van der Waals surface area (Å²) in [5.74, 6) is 0. The number of hydrogen-bond acceptors (Lipinski definition) is 1. The number of allylic oxidation sites excluding steroid dienone is 4. The van der Waals surface area contributed by atoms with Crippen LogP contribution in [0, 0.1) is 0 Å². The third kappa shape index (κ3) is 3.84. The van der Waals surface area contributed by atoms with Crippen LogP contribution in [0.15, 0.2) is 127 Å². The number of hydrogen-bond donors (Lipinski definition) is 0. The molecule has 0 radical (unpaired) electrons. The first-order chi connectivity index (χ1) is 20.9. The predicted octanol–water partition coefficient (Wildman–Crippen LogP) is 11.5. The van der Waals surface area contributed by atoms with Crippen molar-refractivity contribution in [3.63, 3.8) is 0 Å². The fourth-order valence-corrected chi connectivity index (χ4v) is 7.80. The molecule has 5 aromatic rings. The fourth-order valence-electron chi connectivity index (χ4n) is 7.80. The van der Waals surface area contributed by atoms with E-state index >= 15 is 0 Å². The SMILES string of the molecule is CC1(C)c2cc(N(c3ccccc3)c3ccccc3)ccc2-c2cc3c(cc21)-c1c(C2=CCCC=C2)cccc1C3(C)C. The predicted molar refractivity (Wildman–Crippen MR) is 183 cm³/mol. The molecule has 0 N–H and O–H groups in total. The molecule has 0 amide bonds. The van der Waals surface area contributed by atoms with Gasteiger partial charge in [0.25, 0.3) is 0 Å². The average molecular weight is 556 g/mol. The van der Waals surface area contributed by atoms with Gasteiger partial charge in [-0.1, -0.05) is 107 Å². The van der Waals surface area contributed by atoms with Crippen LogP contribution in [-0.2, 0) is 10.8 Å². The van der Waals surface area contributed by atoms with E-state index in [4.69, 9.17) is 0 Å². The van der Waals surface area contributed by atoms with Gasteiger partial charge in [-0.05, 0) is 117 Å². The maximum absolute atomic E-state index is 2.54. The van der Waals surface area contributed by atoms with Crippen molar-refractivity contribution in [3.05, 3.63) is 155 Å². The van der Waals surface area contributed by atoms with Gasteiger partial charge in [-0.2, -0.15) is 0 Å². The van der Waals surface area contributed by atoms with Gasteiger partial charge < -0.3 is 4.90 Å². The molecular weight excluding hydrogens is 518 g/mol. The molecule has 0 aromatic heterocycles. The van der Waals surface area contributed by atoms with Gasteiger partial charge in [-0.3, -0.25) is 0 Å². The second kappa shape index (κ2) is 9.44. The Labute approximate surface area is 255 Å². The highest BCUT2D eigenvalue weighted by molar-refractivity contribution is 5.96. The van der Waals surface area contributed by atoms with Crippen molar-refractivity contribution in [2.24, 2.45) is 0 Å². The summed E-state index contributed by atoms with van der Waals surface area (Å²) in [6, 6.07) is 40.5. The first kappa shape index (κ1) is 26.0. The molecule has 0 saturated heterocycles. The highest BCUT2D eigenvalue weighted by Crippen LogP contribution is 2.58. The molecule has 0 spiro atoms. The summed E-state index contributed by atoms with van der Waals surface area (Å²) in [6.45, 7) is 9.62. The van der Waals surface area contributed by atoms with Crippen LogP contribution in [0.1, 0.15) is 68.4 Å². The Morgan fingerprint density at radius 2 is 1.12 bits per heavy atom. The highest BCUT2D eigenvalue weighted by Gasteiger charge is 2.42. The van der Waals surface area contributed by atoms with Crippen LogP contribution in [0.25, 0.3) is 27.8 Å². The van der Waals surface area contributed by atoms with Crippen LogP contribution in [0.3, 0.4) is 0 Å². The van der Waals surface area contributed by atoms with E-state index in [-0.39, 0.29) is 10.8 Å². The quantitative estimate of drug-likeness (QED) is 0.213. The fraction of sp³-hybridized carbons (Fsp3) is 0.190. The minimum absolute atomic E-state index is 0.0566. The van der Waals surface area contributed by atoms with Gasteiger partial charge in [0.05, 0.1) is 0 Å². The molecule has 0 atom stereocenters. The van der Waals surface area contributed by atoms with Crippen molar-refractivity contribution in [1.82, 2.24) is 0 Å². The first-order valence-corrected chi connectivity index (χ1v) is 15.6. The lowest BCUT2D eigenvalue weighted by atomic mass is 9.79. The van der Waals surface area contributed by atoms with Crippen molar-refractivity contribution < 1.29 is 0 Å². The molecule has 3 aliphatic rings. The summed E-state index contributed by atoms with van der Waals surface area (Å²) in [7, 11) is 0. The van der Waals surface area contributed by atoms with Gasteiger partial charge in [0.2, 0.25) is 0 Å². The number of anilines is 3. The van der Waals surface area contributed by atoms with Gasteiger partial charge in [0.1, 0.15) is 0 Å². The van der Waals surface area contributed by atoms with Crippen molar-refractivity contribution in [2.75, 3.05) is 4.90 Å². The van der Waals surface area contributed by atoms with Crippen molar-refractivity contribution in [1.29, 1.82) is 0 Å². The van der Waals surface area contributed by atoms with Crippen LogP contribution in [0.5, 0.6) is 0 Å². The van der Waals surface area contributed by atoms with Gasteiger partial charge in [0.15, 0.2) is 0 Å². The van der Waals surface area contributed by atoms with Crippen molar-refractivity contribution >= 4 is 22.6 Å². The van der Waals surface area contributed by atoms with Gasteiger partial charge >= 0.3 is 0 Å². The monoisotopic (exact) mass is 555 g/mol. The van der Waals surface area contributed by atoms with E-state index in [1.165, 1.54) is 61.3 Å². The van der Waals surface area contributed by atoms with E-state index in [1.54, 1.807) is 0 Å². The molecule has 0 saturated carbocycles. The first-order valence-electron chi connectivity index (χ1n) is 15.6. The Bertz CT molecular complexity index is 1910. The molecule has 3 aliphatic carbocycles. The third-order valence-electron chi connectivity index (χ3n) is 10.1. The van der Waals surface area contributed by atoms with Crippen LogP contribution in [0.4, 0.5) is 17.1 Å². The number of fused-ring (bicyclic) bond motifs is 6. The minimum Gasteiger partial charge on any atom is -0.310 e. The Balaban J connectivity index is 1.30. The van der Waals surface area contributed by atoms with Crippen LogP contribution >= 0.6 is 0 Å². The lowest BCUT2D eigenvalue weighted by molar-refractivity contribution is 0.652. The number of rotatable bonds is 4. The standard InChI is InChI=1S/C42H37N/c1-41(2)36-22-14-21-32(28-15-8-5-9-16-28)40(36)35-27-38-34(26-39(35)41)33-24-23-31(25-37(33)42(38,3)4)43(29-17-10-6-11-18-29)30-19-12-7-13-20-30/h6-8,10-27H,5,9H2,1-4H3. The summed E-state index contributed by atoms with van der Waals surface area (Å²) in [4.78, 5) is 2.37. The zero-order valence-electron chi connectivity index (χ0n) is 25.5. The third-order valence-corrected chi connectivity index (χ3v) is 10.1. The van der Waals surface area contributed by atoms with Crippen molar-refractivity contribution in [2.45, 2.75) is 51.4 Å². The maximum atomic E-state index is 2.54.